The first-order valence-electron chi connectivity index (χ1n) is 11.3. The second-order valence-electron chi connectivity index (χ2n) is 11.6. The van der Waals surface area contributed by atoms with Crippen LogP contribution < -0.4 is 15.9 Å². The molecule has 0 aliphatic rings. The van der Waals surface area contributed by atoms with Crippen LogP contribution in [-0.2, 0) is 16.2 Å². The molecule has 3 rings (SSSR count). The van der Waals surface area contributed by atoms with E-state index in [1.165, 1.54) is 32.6 Å². The molecule has 0 N–H and O–H groups in total. The van der Waals surface area contributed by atoms with Crippen LogP contribution >= 0.6 is 7.92 Å². The lowest BCUT2D eigenvalue weighted by atomic mass is 9.87. The van der Waals surface area contributed by atoms with Gasteiger partial charge in [-0.05, 0) is 40.5 Å². The summed E-state index contributed by atoms with van der Waals surface area (Å²) in [6.07, 6.45) is 0. The quantitative estimate of drug-likeness (QED) is 0.307. The van der Waals surface area contributed by atoms with E-state index in [-0.39, 0.29) is 16.2 Å². The van der Waals surface area contributed by atoms with Gasteiger partial charge in [0.1, 0.15) is 0 Å². The minimum Gasteiger partial charge on any atom is -0.175 e. The molecule has 0 saturated carbocycles. The summed E-state index contributed by atoms with van der Waals surface area (Å²) in [5, 5.41) is 4.05. The van der Waals surface area contributed by atoms with Gasteiger partial charge < -0.3 is 0 Å². The highest BCUT2D eigenvalue weighted by molar-refractivity contribution is 7.79. The molecule has 0 spiro atoms. The molecule has 0 saturated heterocycles. The highest BCUT2D eigenvalue weighted by atomic mass is 31.1. The average molecular weight is 430 g/mol. The van der Waals surface area contributed by atoms with E-state index in [0.717, 1.165) is 0 Å². The normalized spacial score (nSPS) is 13.0. The molecule has 0 aliphatic carbocycles. The van der Waals surface area contributed by atoms with Crippen molar-refractivity contribution >= 4 is 23.8 Å². The smallest absolute Gasteiger partial charge is 0.0132 e. The standard InChI is InChI=1S/C30H38P/c1-28(2,3)22-10-16-25(17-11-22)31(26-18-12-23(13-19-26)29(4,5)6)27-20-14-24(15-21-27)30(7,8)9/h10-20H,1-9H3/q-1. The van der Waals surface area contributed by atoms with Gasteiger partial charge >= 0.3 is 0 Å². The first-order chi connectivity index (χ1) is 14.3. The van der Waals surface area contributed by atoms with Crippen LogP contribution in [-0.4, -0.2) is 0 Å². The number of hydrogen-bond donors (Lipinski definition) is 0. The van der Waals surface area contributed by atoms with Gasteiger partial charge in [-0.25, -0.2) is 0 Å². The van der Waals surface area contributed by atoms with Crippen molar-refractivity contribution < 1.29 is 0 Å². The van der Waals surface area contributed by atoms with E-state index in [2.05, 4.69) is 135 Å². The van der Waals surface area contributed by atoms with Gasteiger partial charge in [-0.3, -0.25) is 0 Å². The summed E-state index contributed by atoms with van der Waals surface area (Å²) in [5.41, 5.74) is 4.55. The van der Waals surface area contributed by atoms with Gasteiger partial charge in [0, 0.05) is 0 Å². The third-order valence-corrected chi connectivity index (χ3v) is 8.28. The van der Waals surface area contributed by atoms with Gasteiger partial charge in [-0.15, -0.1) is 5.30 Å². The molecule has 0 amide bonds. The van der Waals surface area contributed by atoms with Crippen LogP contribution in [0.15, 0.2) is 66.7 Å². The fourth-order valence-electron chi connectivity index (χ4n) is 3.67. The lowest BCUT2D eigenvalue weighted by molar-refractivity contribution is 0.590. The molecule has 0 radical (unpaired) electrons. The van der Waals surface area contributed by atoms with Crippen LogP contribution in [0.3, 0.4) is 0 Å². The van der Waals surface area contributed by atoms with Crippen molar-refractivity contribution in [3.63, 3.8) is 0 Å². The molecule has 0 aromatic heterocycles. The summed E-state index contributed by atoms with van der Waals surface area (Å²) in [4.78, 5) is 0. The van der Waals surface area contributed by atoms with Crippen LogP contribution in [0.25, 0.3) is 0 Å². The monoisotopic (exact) mass is 429 g/mol. The average Bonchev–Trinajstić information content (AvgIpc) is 2.67. The zero-order chi connectivity index (χ0) is 23.0. The Morgan fingerprint density at radius 3 is 1.13 bits per heavy atom. The minimum atomic E-state index is -0.646. The maximum Gasteiger partial charge on any atom is -0.0132 e. The predicted octanol–water partition coefficient (Wildman–Crippen LogP) is 7.14. The van der Waals surface area contributed by atoms with Gasteiger partial charge in [0.25, 0.3) is 0 Å². The topological polar surface area (TPSA) is 0 Å². The first kappa shape index (κ1) is 23.7. The Balaban J connectivity index is 2.08. The van der Waals surface area contributed by atoms with Crippen molar-refractivity contribution in [2.45, 2.75) is 78.6 Å². The SMILES string of the molecule is CC(C)(C)c1c[c-]c(P(c2ccc(C(C)(C)C)cc2)c2ccc(C(C)(C)C)cc2)cc1. The predicted molar refractivity (Wildman–Crippen MR) is 140 cm³/mol. The summed E-state index contributed by atoms with van der Waals surface area (Å²) in [7, 11) is -0.646. The molecule has 0 heterocycles. The number of rotatable bonds is 3. The highest BCUT2D eigenvalue weighted by Gasteiger charge is 2.19. The molecule has 31 heavy (non-hydrogen) atoms. The van der Waals surface area contributed by atoms with Crippen LogP contribution in [0.5, 0.6) is 0 Å². The van der Waals surface area contributed by atoms with Crippen molar-refractivity contribution in [1.29, 1.82) is 0 Å². The maximum atomic E-state index is 3.66. The molecule has 0 unspecified atom stereocenters. The first-order valence-corrected chi connectivity index (χ1v) is 12.6. The minimum absolute atomic E-state index is 0.139. The second-order valence-corrected chi connectivity index (χ2v) is 13.8. The van der Waals surface area contributed by atoms with Gasteiger partial charge in [0.05, 0.1) is 0 Å². The summed E-state index contributed by atoms with van der Waals surface area (Å²) in [6, 6.07) is 29.0. The van der Waals surface area contributed by atoms with E-state index >= 15 is 0 Å². The third-order valence-electron chi connectivity index (χ3n) is 5.89. The van der Waals surface area contributed by atoms with Crippen LogP contribution in [0.2, 0.25) is 0 Å². The number of hydrogen-bond acceptors (Lipinski definition) is 0. The summed E-state index contributed by atoms with van der Waals surface area (Å²) in [6.45, 7) is 20.4. The van der Waals surface area contributed by atoms with Crippen molar-refractivity contribution in [2.24, 2.45) is 0 Å². The van der Waals surface area contributed by atoms with Crippen LogP contribution in [0.1, 0.15) is 79.0 Å². The zero-order valence-electron chi connectivity index (χ0n) is 20.8. The Labute approximate surface area is 191 Å². The summed E-state index contributed by atoms with van der Waals surface area (Å²) < 4.78 is 0. The van der Waals surface area contributed by atoms with Crippen molar-refractivity contribution in [2.75, 3.05) is 0 Å². The Hall–Kier alpha value is -1.91. The molecular formula is C30H38P-. The lowest BCUT2D eigenvalue weighted by Gasteiger charge is -2.29. The van der Waals surface area contributed by atoms with Crippen molar-refractivity contribution in [3.8, 4) is 0 Å². The lowest BCUT2D eigenvalue weighted by Crippen LogP contribution is -2.23. The molecule has 0 nitrogen and oxygen atoms in total. The van der Waals surface area contributed by atoms with Gasteiger partial charge in [-0.2, -0.15) is 29.8 Å². The Morgan fingerprint density at radius 1 is 0.484 bits per heavy atom. The van der Waals surface area contributed by atoms with Crippen molar-refractivity contribution in [1.82, 2.24) is 0 Å². The largest absolute Gasteiger partial charge is 0.175 e. The highest BCUT2D eigenvalue weighted by Crippen LogP contribution is 2.35. The molecule has 0 fully saturated rings. The van der Waals surface area contributed by atoms with E-state index in [0.29, 0.717) is 0 Å². The Morgan fingerprint density at radius 2 is 0.839 bits per heavy atom. The maximum absolute atomic E-state index is 3.66. The Bertz CT molecular complexity index is 850. The van der Waals surface area contributed by atoms with Crippen molar-refractivity contribution in [3.05, 3.63) is 89.5 Å². The van der Waals surface area contributed by atoms with Gasteiger partial charge in [-0.1, -0.05) is 116 Å². The summed E-state index contributed by atoms with van der Waals surface area (Å²) in [5.74, 6) is 0. The molecule has 0 aliphatic heterocycles. The number of benzene rings is 3. The molecule has 3 aromatic carbocycles. The van der Waals surface area contributed by atoms with Gasteiger partial charge in [0.15, 0.2) is 0 Å². The van der Waals surface area contributed by atoms with E-state index in [1.54, 1.807) is 0 Å². The fraction of sp³-hybridized carbons (Fsp3) is 0.400. The summed E-state index contributed by atoms with van der Waals surface area (Å²) >= 11 is 0. The second kappa shape index (κ2) is 8.55. The molecular weight excluding hydrogens is 391 g/mol. The fourth-order valence-corrected chi connectivity index (χ4v) is 5.84. The zero-order valence-corrected chi connectivity index (χ0v) is 21.7. The molecule has 0 atom stereocenters. The van der Waals surface area contributed by atoms with Crippen LogP contribution in [0.4, 0.5) is 0 Å². The Kier molecular flexibility index (Phi) is 6.55. The van der Waals surface area contributed by atoms with E-state index in [4.69, 9.17) is 0 Å². The van der Waals surface area contributed by atoms with E-state index in [9.17, 15) is 0 Å². The van der Waals surface area contributed by atoms with E-state index < -0.39 is 7.92 Å². The third kappa shape index (κ3) is 5.67. The molecule has 3 aromatic rings. The van der Waals surface area contributed by atoms with Gasteiger partial charge in [0.2, 0.25) is 0 Å². The molecule has 1 heteroatoms. The van der Waals surface area contributed by atoms with E-state index in [1.807, 2.05) is 0 Å². The van der Waals surface area contributed by atoms with Crippen LogP contribution in [0, 0.1) is 6.07 Å². The molecule has 164 valence electrons. The molecule has 0 bridgehead atoms.